The highest BCUT2D eigenvalue weighted by molar-refractivity contribution is 9.10. The highest BCUT2D eigenvalue weighted by Gasteiger charge is 2.28. The molecule has 1 aromatic heterocycles. The standard InChI is InChI=1S/C14H13Br2NOS/c1-7-10(16)5-14(19-7)13-6-11(17)9-4-8(15)2-3-12(9)18-13/h2-5,11,13H,6,17H2,1H3/t11-,13?/m0/s1. The molecule has 0 saturated heterocycles. The molecular weight excluding hydrogens is 390 g/mol. The molecule has 1 aliphatic rings. The molecule has 2 aromatic rings. The van der Waals surface area contributed by atoms with E-state index in [-0.39, 0.29) is 12.1 Å². The second-order valence-corrected chi connectivity index (χ2v) is 7.74. The first-order valence-electron chi connectivity index (χ1n) is 6.02. The summed E-state index contributed by atoms with van der Waals surface area (Å²) in [6.45, 7) is 2.10. The van der Waals surface area contributed by atoms with Gasteiger partial charge >= 0.3 is 0 Å². The Labute approximate surface area is 133 Å². The minimum absolute atomic E-state index is 0.0208. The van der Waals surface area contributed by atoms with E-state index >= 15 is 0 Å². The lowest BCUT2D eigenvalue weighted by molar-refractivity contribution is 0.165. The summed E-state index contributed by atoms with van der Waals surface area (Å²) in [6.07, 6.45) is 0.870. The van der Waals surface area contributed by atoms with Gasteiger partial charge in [-0.15, -0.1) is 11.3 Å². The first-order chi connectivity index (χ1) is 9.04. The van der Waals surface area contributed by atoms with Crippen LogP contribution in [0.3, 0.4) is 0 Å². The molecule has 0 spiro atoms. The average Bonchev–Trinajstić information content (AvgIpc) is 2.70. The van der Waals surface area contributed by atoms with Crippen LogP contribution in [-0.4, -0.2) is 0 Å². The number of benzene rings is 1. The van der Waals surface area contributed by atoms with Crippen molar-refractivity contribution in [2.45, 2.75) is 25.5 Å². The van der Waals surface area contributed by atoms with Crippen LogP contribution in [0.1, 0.15) is 33.9 Å². The lowest BCUT2D eigenvalue weighted by Gasteiger charge is -2.29. The van der Waals surface area contributed by atoms with Crippen molar-refractivity contribution in [3.63, 3.8) is 0 Å². The number of hydrogen-bond donors (Lipinski definition) is 1. The van der Waals surface area contributed by atoms with E-state index in [1.165, 1.54) is 9.75 Å². The Hall–Kier alpha value is -0.360. The fourth-order valence-electron chi connectivity index (χ4n) is 2.29. The topological polar surface area (TPSA) is 35.2 Å². The van der Waals surface area contributed by atoms with E-state index in [1.807, 2.05) is 18.2 Å². The van der Waals surface area contributed by atoms with Crippen molar-refractivity contribution in [2.75, 3.05) is 0 Å². The zero-order valence-corrected chi connectivity index (χ0v) is 14.3. The maximum atomic E-state index is 6.28. The maximum Gasteiger partial charge on any atom is 0.135 e. The Bertz CT molecular complexity index is 606. The Morgan fingerprint density at radius 2 is 2.11 bits per heavy atom. The lowest BCUT2D eigenvalue weighted by Crippen LogP contribution is -2.23. The van der Waals surface area contributed by atoms with Crippen LogP contribution in [-0.2, 0) is 0 Å². The first-order valence-corrected chi connectivity index (χ1v) is 8.42. The van der Waals surface area contributed by atoms with Gasteiger partial charge in [-0.3, -0.25) is 0 Å². The van der Waals surface area contributed by atoms with Crippen molar-refractivity contribution in [2.24, 2.45) is 5.73 Å². The molecule has 0 bridgehead atoms. The smallest absolute Gasteiger partial charge is 0.135 e. The van der Waals surface area contributed by atoms with Crippen LogP contribution in [0.25, 0.3) is 0 Å². The minimum atomic E-state index is 0.0208. The summed E-state index contributed by atoms with van der Waals surface area (Å²) < 4.78 is 8.29. The van der Waals surface area contributed by atoms with Crippen LogP contribution < -0.4 is 10.5 Å². The zero-order valence-electron chi connectivity index (χ0n) is 10.3. The molecule has 2 nitrogen and oxygen atoms in total. The number of ether oxygens (including phenoxy) is 1. The molecule has 2 atom stereocenters. The van der Waals surface area contributed by atoms with Crippen molar-refractivity contribution >= 4 is 43.2 Å². The van der Waals surface area contributed by atoms with E-state index in [2.05, 4.69) is 44.8 Å². The molecular formula is C14H13Br2NOS. The van der Waals surface area contributed by atoms with E-state index in [0.29, 0.717) is 0 Å². The average molecular weight is 403 g/mol. The summed E-state index contributed by atoms with van der Waals surface area (Å²) in [5, 5.41) is 0. The number of halogens is 2. The number of aryl methyl sites for hydroxylation is 1. The maximum absolute atomic E-state index is 6.28. The van der Waals surface area contributed by atoms with Crippen LogP contribution in [0.2, 0.25) is 0 Å². The van der Waals surface area contributed by atoms with E-state index in [0.717, 1.165) is 26.7 Å². The Balaban J connectivity index is 1.94. The number of hydrogen-bond acceptors (Lipinski definition) is 3. The van der Waals surface area contributed by atoms with Crippen LogP contribution in [0.4, 0.5) is 0 Å². The van der Waals surface area contributed by atoms with Gasteiger partial charge in [0.2, 0.25) is 0 Å². The Morgan fingerprint density at radius 3 is 2.79 bits per heavy atom. The third kappa shape index (κ3) is 2.61. The quantitative estimate of drug-likeness (QED) is 0.719. The molecule has 3 rings (SSSR count). The number of rotatable bonds is 1. The van der Waals surface area contributed by atoms with Crippen LogP contribution in [0, 0.1) is 6.92 Å². The number of nitrogens with two attached hydrogens (primary N) is 1. The summed E-state index contributed by atoms with van der Waals surface area (Å²) in [7, 11) is 0. The summed E-state index contributed by atoms with van der Waals surface area (Å²) in [6, 6.07) is 8.18. The monoisotopic (exact) mass is 401 g/mol. The third-order valence-corrected chi connectivity index (χ3v) is 6.02. The first kappa shape index (κ1) is 13.6. The number of fused-ring (bicyclic) bond motifs is 1. The van der Waals surface area contributed by atoms with Gasteiger partial charge in [0.15, 0.2) is 0 Å². The molecule has 2 N–H and O–H groups in total. The van der Waals surface area contributed by atoms with E-state index in [9.17, 15) is 0 Å². The van der Waals surface area contributed by atoms with Gasteiger partial charge in [-0.1, -0.05) is 15.9 Å². The van der Waals surface area contributed by atoms with Crippen molar-refractivity contribution in [1.82, 2.24) is 0 Å². The van der Waals surface area contributed by atoms with Gasteiger partial charge in [-0.2, -0.15) is 0 Å². The second-order valence-electron chi connectivity index (χ2n) is 4.68. The largest absolute Gasteiger partial charge is 0.484 e. The molecule has 0 fully saturated rings. The molecule has 2 heterocycles. The van der Waals surface area contributed by atoms with Gasteiger partial charge in [0.05, 0.1) is 0 Å². The van der Waals surface area contributed by atoms with Gasteiger partial charge in [-0.05, 0) is 47.1 Å². The van der Waals surface area contributed by atoms with Gasteiger partial charge in [-0.25, -0.2) is 0 Å². The SMILES string of the molecule is Cc1sc(C2C[C@H](N)c3cc(Br)ccc3O2)cc1Br. The van der Waals surface area contributed by atoms with Crippen molar-refractivity contribution in [1.29, 1.82) is 0 Å². The highest BCUT2D eigenvalue weighted by atomic mass is 79.9. The fraction of sp³-hybridized carbons (Fsp3) is 0.286. The summed E-state index contributed by atoms with van der Waals surface area (Å²) >= 11 is 8.80. The molecule has 0 radical (unpaired) electrons. The zero-order chi connectivity index (χ0) is 13.6. The molecule has 100 valence electrons. The third-order valence-electron chi connectivity index (χ3n) is 3.30. The fourth-order valence-corrected chi connectivity index (χ4v) is 4.27. The second kappa shape index (κ2) is 5.20. The normalized spacial score (nSPS) is 21.9. The molecule has 0 amide bonds. The van der Waals surface area contributed by atoms with Crippen molar-refractivity contribution in [3.05, 3.63) is 48.5 Å². The molecule has 5 heteroatoms. The van der Waals surface area contributed by atoms with Crippen molar-refractivity contribution in [3.8, 4) is 5.75 Å². The molecule has 19 heavy (non-hydrogen) atoms. The van der Waals surface area contributed by atoms with E-state index in [4.69, 9.17) is 10.5 Å². The molecule has 1 unspecified atom stereocenters. The molecule has 0 aliphatic carbocycles. The predicted octanol–water partition coefficient (Wildman–Crippen LogP) is 5.11. The van der Waals surface area contributed by atoms with Gasteiger partial charge in [0.25, 0.3) is 0 Å². The highest BCUT2D eigenvalue weighted by Crippen LogP contribution is 2.43. The van der Waals surface area contributed by atoms with E-state index < -0.39 is 0 Å². The predicted molar refractivity (Wildman–Crippen MR) is 85.8 cm³/mol. The van der Waals surface area contributed by atoms with Crippen LogP contribution >= 0.6 is 43.2 Å². The van der Waals surface area contributed by atoms with Crippen molar-refractivity contribution < 1.29 is 4.74 Å². The lowest BCUT2D eigenvalue weighted by atomic mass is 9.97. The van der Waals surface area contributed by atoms with Crippen LogP contribution in [0.5, 0.6) is 5.75 Å². The number of thiophene rings is 1. The Kier molecular flexibility index (Phi) is 3.73. The minimum Gasteiger partial charge on any atom is -0.484 e. The van der Waals surface area contributed by atoms with Gasteiger partial charge in [0.1, 0.15) is 11.9 Å². The van der Waals surface area contributed by atoms with E-state index in [1.54, 1.807) is 11.3 Å². The summed E-state index contributed by atoms with van der Waals surface area (Å²) in [5.41, 5.74) is 7.36. The van der Waals surface area contributed by atoms with Gasteiger partial charge < -0.3 is 10.5 Å². The molecule has 0 saturated carbocycles. The molecule has 1 aliphatic heterocycles. The summed E-state index contributed by atoms with van der Waals surface area (Å²) in [5.74, 6) is 0.897. The van der Waals surface area contributed by atoms with Crippen LogP contribution in [0.15, 0.2) is 33.2 Å². The Morgan fingerprint density at radius 1 is 1.32 bits per heavy atom. The van der Waals surface area contributed by atoms with Gasteiger partial charge in [0, 0.05) is 36.7 Å². The molecule has 1 aromatic carbocycles. The summed E-state index contributed by atoms with van der Waals surface area (Å²) in [4.78, 5) is 2.50.